The van der Waals surface area contributed by atoms with E-state index in [-0.39, 0.29) is 18.2 Å². The second-order valence-corrected chi connectivity index (χ2v) is 9.32. The summed E-state index contributed by atoms with van der Waals surface area (Å²) < 4.78 is 5.53. The molecule has 4 atom stereocenters. The summed E-state index contributed by atoms with van der Waals surface area (Å²) in [6, 6.07) is 2.39. The third kappa shape index (κ3) is 5.73. The van der Waals surface area contributed by atoms with E-state index in [1.165, 1.54) is 0 Å². The predicted octanol–water partition coefficient (Wildman–Crippen LogP) is 3.15. The molecule has 2 N–H and O–H groups in total. The minimum atomic E-state index is -0.503. The van der Waals surface area contributed by atoms with Crippen LogP contribution in [-0.2, 0) is 4.74 Å². The van der Waals surface area contributed by atoms with Crippen molar-refractivity contribution in [3.8, 4) is 6.07 Å². The second kappa shape index (κ2) is 10.3. The van der Waals surface area contributed by atoms with E-state index < -0.39 is 5.60 Å². The van der Waals surface area contributed by atoms with Crippen molar-refractivity contribution < 1.29 is 9.53 Å². The first-order chi connectivity index (χ1) is 14.1. The van der Waals surface area contributed by atoms with Crippen molar-refractivity contribution in [3.05, 3.63) is 17.5 Å². The normalized spacial score (nSPS) is 19.6. The average Bonchev–Trinajstić information content (AvgIpc) is 3.17. The summed E-state index contributed by atoms with van der Waals surface area (Å²) in [6.45, 7) is 15.0. The molecule has 0 bridgehead atoms. The first-order valence-corrected chi connectivity index (χ1v) is 11.0. The van der Waals surface area contributed by atoms with Gasteiger partial charge in [-0.3, -0.25) is 10.00 Å². The van der Waals surface area contributed by atoms with Gasteiger partial charge in [0.1, 0.15) is 11.7 Å². The van der Waals surface area contributed by atoms with Crippen molar-refractivity contribution in [1.29, 1.82) is 5.26 Å². The first-order valence-electron chi connectivity index (χ1n) is 11.0. The minimum absolute atomic E-state index is 0.0306. The number of rotatable bonds is 7. The number of likely N-dealkylation sites (N-methyl/N-ethyl adjacent to an activating group) is 1. The molecule has 0 aliphatic carbocycles. The molecule has 1 saturated heterocycles. The number of nitrogens with zero attached hydrogens (tertiary/aromatic N) is 4. The molecule has 1 amide bonds. The number of H-pyrrole nitrogens is 1. The lowest BCUT2D eigenvalue weighted by atomic mass is 9.81. The van der Waals surface area contributed by atoms with Crippen LogP contribution in [0.1, 0.15) is 65.3 Å². The molecule has 8 nitrogen and oxygen atoms in total. The second-order valence-electron chi connectivity index (χ2n) is 9.32. The fourth-order valence-electron chi connectivity index (χ4n) is 4.14. The molecule has 2 rings (SSSR count). The van der Waals surface area contributed by atoms with Gasteiger partial charge < -0.3 is 15.0 Å². The molecule has 0 spiro atoms. The van der Waals surface area contributed by atoms with Crippen LogP contribution in [0.2, 0.25) is 0 Å². The maximum Gasteiger partial charge on any atom is 0.410 e. The number of carbonyl (C=O) groups is 1. The topological polar surface area (TPSA) is 97.3 Å². The predicted molar refractivity (Wildman–Crippen MR) is 117 cm³/mol. The van der Waals surface area contributed by atoms with Gasteiger partial charge in [-0.05, 0) is 39.7 Å². The highest BCUT2D eigenvalue weighted by molar-refractivity contribution is 5.68. The van der Waals surface area contributed by atoms with Crippen LogP contribution in [0.15, 0.2) is 6.20 Å². The number of carbonyl (C=O) groups excluding carboxylic acids is 1. The van der Waals surface area contributed by atoms with Crippen molar-refractivity contribution in [2.75, 3.05) is 33.2 Å². The van der Waals surface area contributed by atoms with Gasteiger partial charge in [0.15, 0.2) is 0 Å². The van der Waals surface area contributed by atoms with Crippen LogP contribution in [0.25, 0.3) is 0 Å². The third-order valence-electron chi connectivity index (χ3n) is 6.23. The van der Waals surface area contributed by atoms with E-state index in [9.17, 15) is 10.1 Å². The zero-order valence-corrected chi connectivity index (χ0v) is 19.5. The van der Waals surface area contributed by atoms with Crippen molar-refractivity contribution >= 4 is 6.09 Å². The summed E-state index contributed by atoms with van der Waals surface area (Å²) in [4.78, 5) is 16.6. The highest BCUT2D eigenvalue weighted by Gasteiger charge is 2.38. The molecular formula is C22H38N6O2. The molecule has 8 heteroatoms. The smallest absolute Gasteiger partial charge is 0.410 e. The Balaban J connectivity index is 2.25. The monoisotopic (exact) mass is 418 g/mol. The van der Waals surface area contributed by atoms with E-state index in [1.807, 2.05) is 27.8 Å². The van der Waals surface area contributed by atoms with Gasteiger partial charge in [-0.1, -0.05) is 27.2 Å². The van der Waals surface area contributed by atoms with Gasteiger partial charge in [0, 0.05) is 32.2 Å². The average molecular weight is 419 g/mol. The van der Waals surface area contributed by atoms with Crippen molar-refractivity contribution in [3.63, 3.8) is 0 Å². The van der Waals surface area contributed by atoms with Gasteiger partial charge in [0.05, 0.1) is 23.5 Å². The number of piperazine rings is 1. The van der Waals surface area contributed by atoms with Crippen LogP contribution in [0.3, 0.4) is 0 Å². The Morgan fingerprint density at radius 3 is 2.47 bits per heavy atom. The Hall–Kier alpha value is -2.11. The molecule has 1 aliphatic heterocycles. The maximum atomic E-state index is 12.5. The van der Waals surface area contributed by atoms with E-state index in [2.05, 4.69) is 47.3 Å². The van der Waals surface area contributed by atoms with E-state index in [0.29, 0.717) is 43.6 Å². The minimum Gasteiger partial charge on any atom is -0.444 e. The highest BCUT2D eigenvalue weighted by atomic mass is 16.6. The van der Waals surface area contributed by atoms with Gasteiger partial charge in [-0.25, -0.2) is 4.79 Å². The number of aromatic amines is 1. The van der Waals surface area contributed by atoms with Crippen LogP contribution in [0, 0.1) is 23.2 Å². The van der Waals surface area contributed by atoms with Gasteiger partial charge in [-0.15, -0.1) is 0 Å². The van der Waals surface area contributed by atoms with Gasteiger partial charge in [0.25, 0.3) is 0 Å². The van der Waals surface area contributed by atoms with Crippen molar-refractivity contribution in [1.82, 2.24) is 25.3 Å². The lowest BCUT2D eigenvalue weighted by Crippen LogP contribution is -2.55. The lowest BCUT2D eigenvalue weighted by Gasteiger charge is -2.44. The lowest BCUT2D eigenvalue weighted by molar-refractivity contribution is 0.00515. The quantitative estimate of drug-likeness (QED) is 0.706. The van der Waals surface area contributed by atoms with Crippen molar-refractivity contribution in [2.24, 2.45) is 11.8 Å². The van der Waals surface area contributed by atoms with E-state index in [4.69, 9.17) is 4.74 Å². The molecule has 0 aromatic carbocycles. The molecule has 1 unspecified atom stereocenters. The van der Waals surface area contributed by atoms with Crippen LogP contribution >= 0.6 is 0 Å². The van der Waals surface area contributed by atoms with E-state index >= 15 is 0 Å². The van der Waals surface area contributed by atoms with Crippen LogP contribution in [0.5, 0.6) is 0 Å². The molecule has 30 heavy (non-hydrogen) atoms. The van der Waals surface area contributed by atoms with Gasteiger partial charge in [0.2, 0.25) is 0 Å². The summed E-state index contributed by atoms with van der Waals surface area (Å²) in [5.74, 6) is 0.921. The molecule has 1 fully saturated rings. The Morgan fingerprint density at radius 2 is 1.97 bits per heavy atom. The highest BCUT2D eigenvalue weighted by Crippen LogP contribution is 2.33. The number of nitrogens with one attached hydrogen (secondary N) is 2. The zero-order chi connectivity index (χ0) is 22.5. The number of hydrogen-bond donors (Lipinski definition) is 2. The molecule has 1 aromatic rings. The van der Waals surface area contributed by atoms with Crippen LogP contribution < -0.4 is 5.32 Å². The SMILES string of the molecule is CC[C@@H](C)[C@H](C)[C@@H](NC)C(c1[nH]ncc1C#N)N1CCN(C(=O)OC(C)(C)C)CC1. The summed E-state index contributed by atoms with van der Waals surface area (Å²) in [6.07, 6.45) is 2.42. The Kier molecular flexibility index (Phi) is 8.27. The van der Waals surface area contributed by atoms with Crippen LogP contribution in [-0.4, -0.2) is 71.0 Å². The fraction of sp³-hybridized carbons (Fsp3) is 0.773. The Bertz CT molecular complexity index is 727. The summed E-state index contributed by atoms with van der Waals surface area (Å²) in [7, 11) is 1.98. The molecule has 0 radical (unpaired) electrons. The van der Waals surface area contributed by atoms with Crippen LogP contribution in [0.4, 0.5) is 4.79 Å². The molecule has 0 saturated carbocycles. The zero-order valence-electron chi connectivity index (χ0n) is 19.5. The molecular weight excluding hydrogens is 380 g/mol. The largest absolute Gasteiger partial charge is 0.444 e. The maximum absolute atomic E-state index is 12.5. The number of nitriles is 1. The fourth-order valence-corrected chi connectivity index (χ4v) is 4.14. The van der Waals surface area contributed by atoms with Gasteiger partial charge in [-0.2, -0.15) is 10.4 Å². The first kappa shape index (κ1) is 24.2. The number of aromatic nitrogens is 2. The Morgan fingerprint density at radius 1 is 1.33 bits per heavy atom. The number of hydrogen-bond acceptors (Lipinski definition) is 6. The Labute approximate surface area is 180 Å². The molecule has 168 valence electrons. The third-order valence-corrected chi connectivity index (χ3v) is 6.23. The van der Waals surface area contributed by atoms with E-state index in [1.54, 1.807) is 11.1 Å². The summed E-state index contributed by atoms with van der Waals surface area (Å²) in [5.41, 5.74) is 0.918. The number of amides is 1. The number of ether oxygens (including phenoxy) is 1. The standard InChI is InChI=1S/C22H38N6O2/c1-8-15(2)16(3)18(24-7)20(19-17(13-23)14-25-26-19)27-9-11-28(12-10-27)21(29)30-22(4,5)6/h14-16,18,20,24H,8-12H2,1-7H3,(H,25,26)/t15-,16+,18-,20?/m1/s1. The summed E-state index contributed by atoms with van der Waals surface area (Å²) in [5, 5.41) is 20.4. The van der Waals surface area contributed by atoms with E-state index in [0.717, 1.165) is 12.1 Å². The molecule has 1 aliphatic rings. The summed E-state index contributed by atoms with van der Waals surface area (Å²) >= 11 is 0. The van der Waals surface area contributed by atoms with Crippen molar-refractivity contribution in [2.45, 2.75) is 65.6 Å². The molecule has 1 aromatic heterocycles. The molecule has 2 heterocycles. The van der Waals surface area contributed by atoms with Gasteiger partial charge >= 0.3 is 6.09 Å².